The molecular weight excluding hydrogens is 394 g/mol. The van der Waals surface area contributed by atoms with Crippen molar-refractivity contribution >= 4 is 32.8 Å². The maximum absolute atomic E-state index is 12.5. The maximum atomic E-state index is 12.5. The molecule has 26 heavy (non-hydrogen) atoms. The summed E-state index contributed by atoms with van der Waals surface area (Å²) in [5.41, 5.74) is 3.45. The van der Waals surface area contributed by atoms with E-state index in [4.69, 9.17) is 4.42 Å². The fourth-order valence-corrected chi connectivity index (χ4v) is 3.26. The average Bonchev–Trinajstić information content (AvgIpc) is 2.96. The van der Waals surface area contributed by atoms with Crippen molar-refractivity contribution in [3.8, 4) is 0 Å². The first-order valence-corrected chi connectivity index (χ1v) is 9.41. The molecule has 0 aliphatic heterocycles. The molecular formula is C21H22BrNO3. The number of amides is 1. The standard InChI is InChI=1S/C21H22BrNO3/c1-12(2)14-4-6-15(7-5-14)18(24)11-23-21(25)20-13(3)17-10-16(22)8-9-19(17)26-20/h4-10,12,18,24H,11H2,1-3H3,(H,23,25). The molecule has 0 saturated carbocycles. The van der Waals surface area contributed by atoms with Crippen LogP contribution >= 0.6 is 15.9 Å². The number of aliphatic hydroxyl groups excluding tert-OH is 1. The van der Waals surface area contributed by atoms with Gasteiger partial charge in [0, 0.05) is 22.0 Å². The van der Waals surface area contributed by atoms with Gasteiger partial charge < -0.3 is 14.8 Å². The molecule has 0 aliphatic carbocycles. The quantitative estimate of drug-likeness (QED) is 0.609. The van der Waals surface area contributed by atoms with Crippen LogP contribution in [0.15, 0.2) is 51.4 Å². The minimum atomic E-state index is -0.765. The number of nitrogens with one attached hydrogen (secondary N) is 1. The van der Waals surface area contributed by atoms with Crippen LogP contribution in [0, 0.1) is 6.92 Å². The Hall–Kier alpha value is -2.11. The Balaban J connectivity index is 1.69. The summed E-state index contributed by atoms with van der Waals surface area (Å²) in [5.74, 6) is 0.394. The van der Waals surface area contributed by atoms with Crippen LogP contribution in [0.4, 0.5) is 0 Å². The summed E-state index contributed by atoms with van der Waals surface area (Å²) in [4.78, 5) is 12.5. The van der Waals surface area contributed by atoms with Crippen molar-refractivity contribution in [3.63, 3.8) is 0 Å². The lowest BCUT2D eigenvalue weighted by Gasteiger charge is -2.13. The molecule has 0 saturated heterocycles. The summed E-state index contributed by atoms with van der Waals surface area (Å²) in [6.07, 6.45) is -0.765. The van der Waals surface area contributed by atoms with Crippen LogP contribution < -0.4 is 5.32 Å². The lowest BCUT2D eigenvalue weighted by Crippen LogP contribution is -2.28. The van der Waals surface area contributed by atoms with E-state index in [1.165, 1.54) is 5.56 Å². The highest BCUT2D eigenvalue weighted by Gasteiger charge is 2.19. The van der Waals surface area contributed by atoms with Crippen molar-refractivity contribution in [1.82, 2.24) is 5.32 Å². The van der Waals surface area contributed by atoms with E-state index < -0.39 is 6.10 Å². The van der Waals surface area contributed by atoms with Crippen molar-refractivity contribution in [3.05, 3.63) is 69.4 Å². The van der Waals surface area contributed by atoms with Crippen molar-refractivity contribution in [1.29, 1.82) is 0 Å². The Labute approximate surface area is 161 Å². The molecule has 2 N–H and O–H groups in total. The molecule has 5 heteroatoms. The highest BCUT2D eigenvalue weighted by atomic mass is 79.9. The Morgan fingerprint density at radius 3 is 2.46 bits per heavy atom. The maximum Gasteiger partial charge on any atom is 0.287 e. The molecule has 1 aromatic heterocycles. The molecule has 1 atom stereocenters. The van der Waals surface area contributed by atoms with Gasteiger partial charge in [-0.2, -0.15) is 0 Å². The predicted molar refractivity (Wildman–Crippen MR) is 106 cm³/mol. The van der Waals surface area contributed by atoms with Crippen LogP contribution in [0.25, 0.3) is 11.0 Å². The van der Waals surface area contributed by atoms with Crippen molar-refractivity contribution in [2.75, 3.05) is 6.54 Å². The zero-order chi connectivity index (χ0) is 18.8. The van der Waals surface area contributed by atoms with Crippen LogP contribution in [0.5, 0.6) is 0 Å². The third kappa shape index (κ3) is 3.84. The molecule has 3 aromatic rings. The van der Waals surface area contributed by atoms with Gasteiger partial charge in [0.15, 0.2) is 5.76 Å². The second-order valence-electron chi connectivity index (χ2n) is 6.74. The molecule has 0 fully saturated rings. The number of aryl methyl sites for hydroxylation is 1. The summed E-state index contributed by atoms with van der Waals surface area (Å²) in [5, 5.41) is 14.0. The number of hydrogen-bond donors (Lipinski definition) is 2. The minimum Gasteiger partial charge on any atom is -0.451 e. The van der Waals surface area contributed by atoms with Gasteiger partial charge in [0.1, 0.15) is 5.58 Å². The van der Waals surface area contributed by atoms with Crippen molar-refractivity contribution < 1.29 is 14.3 Å². The van der Waals surface area contributed by atoms with E-state index in [2.05, 4.69) is 35.1 Å². The first kappa shape index (κ1) is 18.7. The number of rotatable bonds is 5. The second-order valence-corrected chi connectivity index (χ2v) is 7.66. The molecule has 0 spiro atoms. The zero-order valence-electron chi connectivity index (χ0n) is 15.0. The van der Waals surface area contributed by atoms with E-state index >= 15 is 0 Å². The SMILES string of the molecule is Cc1c(C(=O)NCC(O)c2ccc(C(C)C)cc2)oc2ccc(Br)cc12. The molecule has 0 aliphatic rings. The number of carbonyl (C=O) groups is 1. The molecule has 3 rings (SSSR count). The van der Waals surface area contributed by atoms with Gasteiger partial charge in [0.25, 0.3) is 5.91 Å². The Bertz CT molecular complexity index is 928. The largest absolute Gasteiger partial charge is 0.451 e. The second kappa shape index (κ2) is 7.64. The highest BCUT2D eigenvalue weighted by molar-refractivity contribution is 9.10. The van der Waals surface area contributed by atoms with Crippen LogP contribution in [0.2, 0.25) is 0 Å². The zero-order valence-corrected chi connectivity index (χ0v) is 16.6. The molecule has 1 amide bonds. The van der Waals surface area contributed by atoms with Gasteiger partial charge >= 0.3 is 0 Å². The van der Waals surface area contributed by atoms with Crippen LogP contribution in [0.3, 0.4) is 0 Å². The fraction of sp³-hybridized carbons (Fsp3) is 0.286. The minimum absolute atomic E-state index is 0.125. The van der Waals surface area contributed by atoms with Crippen molar-refractivity contribution in [2.24, 2.45) is 0 Å². The first-order chi connectivity index (χ1) is 12.4. The number of hydrogen-bond acceptors (Lipinski definition) is 3. The van der Waals surface area contributed by atoms with E-state index in [1.54, 1.807) is 0 Å². The van der Waals surface area contributed by atoms with Gasteiger partial charge in [0.05, 0.1) is 6.10 Å². The monoisotopic (exact) mass is 415 g/mol. The van der Waals surface area contributed by atoms with Crippen LogP contribution in [-0.2, 0) is 0 Å². The third-order valence-electron chi connectivity index (χ3n) is 4.55. The van der Waals surface area contributed by atoms with Gasteiger partial charge in [-0.25, -0.2) is 0 Å². The van der Waals surface area contributed by atoms with Gasteiger partial charge in [-0.15, -0.1) is 0 Å². The van der Waals surface area contributed by atoms with E-state index in [1.807, 2.05) is 49.4 Å². The molecule has 4 nitrogen and oxygen atoms in total. The summed E-state index contributed by atoms with van der Waals surface area (Å²) >= 11 is 3.43. The Morgan fingerprint density at radius 1 is 1.15 bits per heavy atom. The smallest absolute Gasteiger partial charge is 0.287 e. The Kier molecular flexibility index (Phi) is 5.49. The van der Waals surface area contributed by atoms with E-state index in [0.29, 0.717) is 11.5 Å². The van der Waals surface area contributed by atoms with E-state index in [-0.39, 0.29) is 18.2 Å². The van der Waals surface area contributed by atoms with E-state index in [9.17, 15) is 9.90 Å². The van der Waals surface area contributed by atoms with Gasteiger partial charge in [-0.05, 0) is 42.2 Å². The van der Waals surface area contributed by atoms with Crippen LogP contribution in [-0.4, -0.2) is 17.6 Å². The van der Waals surface area contributed by atoms with Gasteiger partial charge in [0.2, 0.25) is 0 Å². The molecule has 1 unspecified atom stereocenters. The van der Waals surface area contributed by atoms with Crippen molar-refractivity contribution in [2.45, 2.75) is 32.8 Å². The van der Waals surface area contributed by atoms with Gasteiger partial charge in [-0.1, -0.05) is 54.0 Å². The van der Waals surface area contributed by atoms with Gasteiger partial charge in [-0.3, -0.25) is 4.79 Å². The lowest BCUT2D eigenvalue weighted by molar-refractivity contribution is 0.0890. The summed E-state index contributed by atoms with van der Waals surface area (Å²) in [6.45, 7) is 6.23. The number of furan rings is 1. The summed E-state index contributed by atoms with van der Waals surface area (Å²) < 4.78 is 6.61. The molecule has 0 radical (unpaired) electrons. The van der Waals surface area contributed by atoms with Crippen LogP contribution in [0.1, 0.15) is 53.1 Å². The molecule has 0 bridgehead atoms. The first-order valence-electron chi connectivity index (χ1n) is 8.61. The predicted octanol–water partition coefficient (Wildman–Crippen LogP) is 5.09. The highest BCUT2D eigenvalue weighted by Crippen LogP contribution is 2.28. The molecule has 1 heterocycles. The summed E-state index contributed by atoms with van der Waals surface area (Å²) in [7, 11) is 0. The number of benzene rings is 2. The lowest BCUT2D eigenvalue weighted by atomic mass is 10.00. The topological polar surface area (TPSA) is 62.5 Å². The molecule has 2 aromatic carbocycles. The third-order valence-corrected chi connectivity index (χ3v) is 5.04. The number of aliphatic hydroxyl groups is 1. The molecule has 136 valence electrons. The fourth-order valence-electron chi connectivity index (χ4n) is 2.90. The number of fused-ring (bicyclic) bond motifs is 1. The Morgan fingerprint density at radius 2 is 1.81 bits per heavy atom. The van der Waals surface area contributed by atoms with E-state index in [0.717, 1.165) is 21.0 Å². The number of halogens is 1. The normalized spacial score (nSPS) is 12.5. The summed E-state index contributed by atoms with van der Waals surface area (Å²) in [6, 6.07) is 13.4. The average molecular weight is 416 g/mol. The number of carbonyl (C=O) groups excluding carboxylic acids is 1.